The van der Waals surface area contributed by atoms with Crippen LogP contribution in [0.5, 0.6) is 0 Å². The summed E-state index contributed by atoms with van der Waals surface area (Å²) >= 11 is 1.35. The average Bonchev–Trinajstić information content (AvgIpc) is 3.03. The second-order valence-electron chi connectivity index (χ2n) is 5.82. The van der Waals surface area contributed by atoms with Crippen LogP contribution < -0.4 is 5.32 Å². The number of nitrogens with one attached hydrogen (secondary N) is 1. The van der Waals surface area contributed by atoms with Crippen molar-refractivity contribution in [3.05, 3.63) is 51.0 Å². The van der Waals surface area contributed by atoms with Gasteiger partial charge in [0, 0.05) is 34.8 Å². The van der Waals surface area contributed by atoms with Gasteiger partial charge in [-0.2, -0.15) is 0 Å². The Bertz CT molecular complexity index is 821. The predicted octanol–water partition coefficient (Wildman–Crippen LogP) is 3.24. The highest BCUT2D eigenvalue weighted by molar-refractivity contribution is 7.15. The van der Waals surface area contributed by atoms with E-state index in [4.69, 9.17) is 0 Å². The molecule has 1 heterocycles. The van der Waals surface area contributed by atoms with Gasteiger partial charge in [0.1, 0.15) is 6.54 Å². The van der Waals surface area contributed by atoms with Crippen molar-refractivity contribution < 1.29 is 14.5 Å². The van der Waals surface area contributed by atoms with E-state index in [0.29, 0.717) is 11.6 Å². The second-order valence-corrected chi connectivity index (χ2v) is 7.06. The minimum absolute atomic E-state index is 0.158. The summed E-state index contributed by atoms with van der Waals surface area (Å²) < 4.78 is 0. The van der Waals surface area contributed by atoms with Crippen molar-refractivity contribution in [3.8, 4) is 0 Å². The Morgan fingerprint density at radius 1 is 1.42 bits per heavy atom. The molecule has 138 valence electrons. The van der Waals surface area contributed by atoms with Gasteiger partial charge in [-0.05, 0) is 26.3 Å². The molecule has 0 fully saturated rings. The third-order valence-corrected chi connectivity index (χ3v) is 4.70. The van der Waals surface area contributed by atoms with Gasteiger partial charge >= 0.3 is 0 Å². The number of hydrogen-bond acceptors (Lipinski definition) is 6. The fourth-order valence-corrected chi connectivity index (χ4v) is 2.97. The topological polar surface area (TPSA) is 105 Å². The van der Waals surface area contributed by atoms with E-state index in [1.165, 1.54) is 40.5 Å². The molecule has 0 saturated heterocycles. The largest absolute Gasteiger partial charge is 0.327 e. The fraction of sp³-hybridized carbons (Fsp3) is 0.353. The summed E-state index contributed by atoms with van der Waals surface area (Å²) in [4.78, 5) is 42.0. The average molecular weight is 376 g/mol. The Morgan fingerprint density at radius 2 is 2.15 bits per heavy atom. The van der Waals surface area contributed by atoms with Crippen molar-refractivity contribution in [3.63, 3.8) is 0 Å². The molecule has 1 N–H and O–H groups in total. The molecule has 0 aliphatic carbocycles. The van der Waals surface area contributed by atoms with Crippen LogP contribution >= 0.6 is 11.3 Å². The molecule has 9 heteroatoms. The minimum atomic E-state index is -0.554. The van der Waals surface area contributed by atoms with Crippen molar-refractivity contribution in [2.24, 2.45) is 0 Å². The van der Waals surface area contributed by atoms with Gasteiger partial charge in [0.2, 0.25) is 5.91 Å². The van der Waals surface area contributed by atoms with Crippen molar-refractivity contribution in [2.75, 3.05) is 11.9 Å². The molecule has 0 radical (unpaired) electrons. The summed E-state index contributed by atoms with van der Waals surface area (Å²) in [6.07, 6.45) is 2.30. The number of rotatable bonds is 7. The van der Waals surface area contributed by atoms with Crippen LogP contribution in [0.4, 0.5) is 10.8 Å². The maximum atomic E-state index is 12.8. The summed E-state index contributed by atoms with van der Waals surface area (Å²) in [5, 5.41) is 14.1. The van der Waals surface area contributed by atoms with E-state index >= 15 is 0 Å². The first kappa shape index (κ1) is 19.5. The summed E-state index contributed by atoms with van der Waals surface area (Å²) in [6, 6.07) is 5.30. The van der Waals surface area contributed by atoms with Gasteiger partial charge in [-0.15, -0.1) is 11.3 Å². The highest BCUT2D eigenvalue weighted by atomic mass is 32.1. The van der Waals surface area contributed by atoms with Gasteiger partial charge in [0.15, 0.2) is 5.13 Å². The Labute approximate surface area is 155 Å². The van der Waals surface area contributed by atoms with Crippen LogP contribution in [0.3, 0.4) is 0 Å². The smallest absolute Gasteiger partial charge is 0.270 e. The summed E-state index contributed by atoms with van der Waals surface area (Å²) in [5.74, 6) is -0.785. The number of aryl methyl sites for hydroxylation is 1. The van der Waals surface area contributed by atoms with E-state index in [9.17, 15) is 19.7 Å². The quantitative estimate of drug-likeness (QED) is 0.590. The molecule has 2 aromatic rings. The molecule has 2 amide bonds. The minimum Gasteiger partial charge on any atom is -0.327 e. The zero-order valence-corrected chi connectivity index (χ0v) is 15.6. The van der Waals surface area contributed by atoms with E-state index in [1.807, 2.05) is 20.8 Å². The molecule has 2 rings (SSSR count). The van der Waals surface area contributed by atoms with Crippen LogP contribution in [0.1, 0.15) is 35.5 Å². The number of carbonyl (C=O) groups is 2. The van der Waals surface area contributed by atoms with Crippen LogP contribution in [-0.4, -0.2) is 39.2 Å². The van der Waals surface area contributed by atoms with Gasteiger partial charge in [-0.1, -0.05) is 13.0 Å². The number of thiazole rings is 1. The number of nitrogens with zero attached hydrogens (tertiary/aromatic N) is 3. The number of carbonyl (C=O) groups excluding carboxylic acids is 2. The van der Waals surface area contributed by atoms with Gasteiger partial charge in [0.05, 0.1) is 4.92 Å². The van der Waals surface area contributed by atoms with E-state index in [2.05, 4.69) is 10.3 Å². The number of nitro benzene ring substituents is 1. The molecule has 26 heavy (non-hydrogen) atoms. The van der Waals surface area contributed by atoms with Crippen LogP contribution in [0.25, 0.3) is 0 Å². The summed E-state index contributed by atoms with van der Waals surface area (Å²) in [6.45, 7) is 5.45. The molecular formula is C17H20N4O4S. The number of aromatic nitrogens is 1. The number of hydrogen-bond donors (Lipinski definition) is 1. The van der Waals surface area contributed by atoms with Crippen molar-refractivity contribution in [2.45, 2.75) is 33.2 Å². The molecule has 0 saturated carbocycles. The molecule has 1 atom stereocenters. The van der Waals surface area contributed by atoms with Gasteiger partial charge in [0.25, 0.3) is 11.6 Å². The molecule has 1 aromatic carbocycles. The Hall–Kier alpha value is -2.81. The fourth-order valence-electron chi connectivity index (χ4n) is 2.29. The first-order chi connectivity index (χ1) is 12.3. The first-order valence-electron chi connectivity index (χ1n) is 8.09. The number of anilines is 1. The Morgan fingerprint density at radius 3 is 2.73 bits per heavy atom. The Balaban J connectivity index is 2.18. The molecular weight excluding hydrogens is 356 g/mol. The summed E-state index contributed by atoms with van der Waals surface area (Å²) in [7, 11) is 0. The zero-order chi connectivity index (χ0) is 19.3. The van der Waals surface area contributed by atoms with Crippen LogP contribution in [0.2, 0.25) is 0 Å². The lowest BCUT2D eigenvalue weighted by atomic mass is 10.1. The van der Waals surface area contributed by atoms with Crippen LogP contribution in [0.15, 0.2) is 30.5 Å². The maximum absolute atomic E-state index is 12.8. The second kappa shape index (κ2) is 8.52. The normalized spacial score (nSPS) is 11.7. The third-order valence-electron chi connectivity index (χ3n) is 3.87. The Kier molecular flexibility index (Phi) is 6.40. The molecule has 0 unspecified atom stereocenters. The van der Waals surface area contributed by atoms with Crippen LogP contribution in [-0.2, 0) is 4.79 Å². The van der Waals surface area contributed by atoms with Gasteiger partial charge in [-0.3, -0.25) is 19.7 Å². The summed E-state index contributed by atoms with van der Waals surface area (Å²) in [5.41, 5.74) is 0.0139. The molecule has 0 spiro atoms. The molecule has 0 aliphatic heterocycles. The lowest BCUT2D eigenvalue weighted by Crippen LogP contribution is -2.43. The highest BCUT2D eigenvalue weighted by Gasteiger charge is 2.24. The highest BCUT2D eigenvalue weighted by Crippen LogP contribution is 2.19. The number of amides is 2. The van der Waals surface area contributed by atoms with E-state index < -0.39 is 10.8 Å². The van der Waals surface area contributed by atoms with Gasteiger partial charge in [-0.25, -0.2) is 4.98 Å². The van der Waals surface area contributed by atoms with Crippen molar-refractivity contribution in [1.29, 1.82) is 0 Å². The van der Waals surface area contributed by atoms with Gasteiger partial charge < -0.3 is 10.2 Å². The molecule has 1 aromatic heterocycles. The molecule has 8 nitrogen and oxygen atoms in total. The van der Waals surface area contributed by atoms with E-state index in [0.717, 1.165) is 4.88 Å². The molecule has 0 aliphatic rings. The van der Waals surface area contributed by atoms with E-state index in [1.54, 1.807) is 6.20 Å². The van der Waals surface area contributed by atoms with Crippen LogP contribution in [0, 0.1) is 17.0 Å². The number of benzene rings is 1. The number of non-ortho nitro benzene ring substituents is 1. The maximum Gasteiger partial charge on any atom is 0.270 e. The van der Waals surface area contributed by atoms with Crippen molar-refractivity contribution in [1.82, 2.24) is 9.88 Å². The lowest BCUT2D eigenvalue weighted by Gasteiger charge is -2.28. The molecule has 0 bridgehead atoms. The van der Waals surface area contributed by atoms with E-state index in [-0.39, 0.29) is 29.7 Å². The van der Waals surface area contributed by atoms with Crippen molar-refractivity contribution >= 4 is 34.0 Å². The lowest BCUT2D eigenvalue weighted by molar-refractivity contribution is -0.384. The number of nitro groups is 1. The standard InChI is InChI=1S/C17H20N4O4S/c1-4-11(2)20(10-15(22)19-17-18-9-12(3)26-17)16(23)13-6-5-7-14(8-13)21(24)25/h5-9,11H,4,10H2,1-3H3,(H,18,19,22)/t11-/m1/s1. The zero-order valence-electron chi connectivity index (χ0n) is 14.8. The monoisotopic (exact) mass is 376 g/mol. The first-order valence-corrected chi connectivity index (χ1v) is 8.91. The predicted molar refractivity (Wildman–Crippen MR) is 99.4 cm³/mol. The third kappa shape index (κ3) is 4.85. The SMILES string of the molecule is CC[C@@H](C)N(CC(=O)Nc1ncc(C)s1)C(=O)c1cccc([N+](=O)[O-])c1.